The summed E-state index contributed by atoms with van der Waals surface area (Å²) in [5.41, 5.74) is 2.36. The third-order valence-electron chi connectivity index (χ3n) is 4.85. The lowest BCUT2D eigenvalue weighted by Crippen LogP contribution is -2.38. The second-order valence-corrected chi connectivity index (χ2v) is 6.93. The molecule has 2 heterocycles. The number of halogens is 3. The summed E-state index contributed by atoms with van der Waals surface area (Å²) in [4.78, 5) is 33.9. The van der Waals surface area contributed by atoms with Crippen LogP contribution in [0, 0.1) is 20.8 Å². The van der Waals surface area contributed by atoms with Gasteiger partial charge in [0.1, 0.15) is 6.54 Å². The van der Waals surface area contributed by atoms with Crippen molar-refractivity contribution < 1.29 is 27.5 Å². The largest absolute Gasteiger partial charge is 0.468 e. The van der Waals surface area contributed by atoms with Crippen molar-refractivity contribution in [2.45, 2.75) is 33.4 Å². The van der Waals surface area contributed by atoms with Crippen LogP contribution in [0.25, 0.3) is 5.78 Å². The molecule has 0 aliphatic heterocycles. The number of amides is 1. The summed E-state index contributed by atoms with van der Waals surface area (Å²) >= 11 is 0. The maximum atomic E-state index is 13.2. The summed E-state index contributed by atoms with van der Waals surface area (Å²) in [5.74, 6) is -2.56. The molecular weight excluding hydrogens is 415 g/mol. The molecule has 31 heavy (non-hydrogen) atoms. The molecule has 3 rings (SSSR count). The fraction of sp³-hybridized carbons (Fsp3) is 0.350. The average Bonchev–Trinajstić information content (AvgIpc) is 3.14. The summed E-state index contributed by atoms with van der Waals surface area (Å²) in [6.45, 7) is 4.61. The Hall–Kier alpha value is -3.50. The van der Waals surface area contributed by atoms with E-state index in [9.17, 15) is 22.8 Å². The zero-order valence-electron chi connectivity index (χ0n) is 17.3. The number of hydrogen-bond donors (Lipinski definition) is 0. The lowest BCUT2D eigenvalue weighted by atomic mass is 10.1. The number of fused-ring (bicyclic) bond motifs is 1. The van der Waals surface area contributed by atoms with E-state index in [2.05, 4.69) is 15.1 Å². The highest BCUT2D eigenvalue weighted by Gasteiger charge is 2.37. The topological polar surface area (TPSA) is 89.7 Å². The van der Waals surface area contributed by atoms with Gasteiger partial charge in [0.25, 0.3) is 11.6 Å². The molecule has 0 aliphatic carbocycles. The quantitative estimate of drug-likeness (QED) is 0.573. The fourth-order valence-electron chi connectivity index (χ4n) is 3.20. The number of anilines is 1. The van der Waals surface area contributed by atoms with Crippen LogP contribution in [0.15, 0.2) is 24.3 Å². The molecule has 0 aliphatic rings. The molecule has 3 aromatic rings. The van der Waals surface area contributed by atoms with E-state index in [4.69, 9.17) is 4.74 Å². The summed E-state index contributed by atoms with van der Waals surface area (Å²) in [6, 6.07) is 7.03. The van der Waals surface area contributed by atoms with Crippen LogP contribution >= 0.6 is 0 Å². The second-order valence-electron chi connectivity index (χ2n) is 6.93. The van der Waals surface area contributed by atoms with Crippen LogP contribution in [0.2, 0.25) is 0 Å². The van der Waals surface area contributed by atoms with E-state index in [-0.39, 0.29) is 18.7 Å². The number of rotatable bonds is 5. The average molecular weight is 435 g/mol. The molecule has 0 fully saturated rings. The maximum Gasteiger partial charge on any atom is 0.453 e. The van der Waals surface area contributed by atoms with E-state index in [1.807, 2.05) is 0 Å². The first-order valence-corrected chi connectivity index (χ1v) is 9.25. The molecule has 0 unspecified atom stereocenters. The zero-order valence-corrected chi connectivity index (χ0v) is 17.3. The van der Waals surface area contributed by atoms with Gasteiger partial charge >= 0.3 is 12.1 Å². The van der Waals surface area contributed by atoms with Crippen molar-refractivity contribution in [3.8, 4) is 0 Å². The van der Waals surface area contributed by atoms with Gasteiger partial charge in [-0.3, -0.25) is 9.59 Å². The standard InChI is InChI=1S/C20H20F3N5O3/c1-11-7-5-6-8-15(11)27(10-17(30)31-4)16(29)9-14-12(2)24-19-25-18(20(21,22)23)26-28(19)13(14)3/h5-8H,9-10H2,1-4H3. The van der Waals surface area contributed by atoms with Gasteiger partial charge in [-0.25, -0.2) is 9.50 Å². The van der Waals surface area contributed by atoms with E-state index in [1.54, 1.807) is 38.1 Å². The Morgan fingerprint density at radius 2 is 1.81 bits per heavy atom. The van der Waals surface area contributed by atoms with Crippen molar-refractivity contribution in [2.75, 3.05) is 18.6 Å². The highest BCUT2D eigenvalue weighted by molar-refractivity contribution is 5.99. The van der Waals surface area contributed by atoms with Crippen LogP contribution in [0.3, 0.4) is 0 Å². The highest BCUT2D eigenvalue weighted by Crippen LogP contribution is 2.27. The van der Waals surface area contributed by atoms with Crippen molar-refractivity contribution in [2.24, 2.45) is 0 Å². The van der Waals surface area contributed by atoms with E-state index in [0.717, 1.165) is 10.1 Å². The van der Waals surface area contributed by atoms with E-state index < -0.39 is 23.9 Å². The second kappa shape index (κ2) is 8.32. The highest BCUT2D eigenvalue weighted by atomic mass is 19.4. The molecule has 164 valence electrons. The summed E-state index contributed by atoms with van der Waals surface area (Å²) in [7, 11) is 1.22. The predicted octanol–water partition coefficient (Wildman–Crippen LogP) is 2.82. The van der Waals surface area contributed by atoms with Gasteiger partial charge in [0.05, 0.1) is 13.5 Å². The monoisotopic (exact) mass is 435 g/mol. The van der Waals surface area contributed by atoms with E-state index >= 15 is 0 Å². The number of carbonyl (C=O) groups is 2. The third-order valence-corrected chi connectivity index (χ3v) is 4.85. The van der Waals surface area contributed by atoms with Gasteiger partial charge in [-0.15, -0.1) is 5.10 Å². The normalized spacial score (nSPS) is 11.6. The van der Waals surface area contributed by atoms with Gasteiger partial charge in [0.2, 0.25) is 5.91 Å². The first kappa shape index (κ1) is 22.2. The molecule has 0 saturated carbocycles. The Morgan fingerprint density at radius 3 is 2.42 bits per heavy atom. The van der Waals surface area contributed by atoms with Crippen LogP contribution < -0.4 is 4.90 Å². The van der Waals surface area contributed by atoms with Gasteiger partial charge in [-0.1, -0.05) is 18.2 Å². The van der Waals surface area contributed by atoms with Crippen molar-refractivity contribution in [3.63, 3.8) is 0 Å². The Morgan fingerprint density at radius 1 is 1.13 bits per heavy atom. The van der Waals surface area contributed by atoms with Crippen molar-refractivity contribution in [1.29, 1.82) is 0 Å². The molecule has 11 heteroatoms. The van der Waals surface area contributed by atoms with Crippen LogP contribution in [0.1, 0.15) is 28.3 Å². The van der Waals surface area contributed by atoms with Gasteiger partial charge in [0.15, 0.2) is 0 Å². The lowest BCUT2D eigenvalue weighted by molar-refractivity contribution is -0.144. The number of para-hydroxylation sites is 1. The summed E-state index contributed by atoms with van der Waals surface area (Å²) in [5, 5.41) is 3.49. The Bertz CT molecular complexity index is 1160. The van der Waals surface area contributed by atoms with Gasteiger partial charge in [-0.05, 0) is 32.4 Å². The fourth-order valence-corrected chi connectivity index (χ4v) is 3.20. The minimum absolute atomic E-state index is 0.201. The van der Waals surface area contributed by atoms with Crippen LogP contribution in [-0.2, 0) is 26.9 Å². The van der Waals surface area contributed by atoms with Gasteiger partial charge < -0.3 is 9.64 Å². The number of aryl methyl sites for hydroxylation is 3. The number of nitrogens with zero attached hydrogens (tertiary/aromatic N) is 5. The van der Waals surface area contributed by atoms with Crippen molar-refractivity contribution in [1.82, 2.24) is 19.6 Å². The zero-order chi connectivity index (χ0) is 22.9. The first-order chi connectivity index (χ1) is 14.5. The predicted molar refractivity (Wildman–Crippen MR) is 105 cm³/mol. The molecule has 0 saturated heterocycles. The molecule has 0 N–H and O–H groups in total. The van der Waals surface area contributed by atoms with E-state index in [1.165, 1.54) is 18.9 Å². The van der Waals surface area contributed by atoms with Crippen molar-refractivity contribution in [3.05, 3.63) is 52.6 Å². The Kier molecular flexibility index (Phi) is 5.96. The smallest absolute Gasteiger partial charge is 0.453 e. The molecule has 1 aromatic carbocycles. The number of methoxy groups -OCH3 is 1. The lowest BCUT2D eigenvalue weighted by Gasteiger charge is -2.24. The Labute approximate surface area is 175 Å². The molecule has 2 aromatic heterocycles. The number of alkyl halides is 3. The van der Waals surface area contributed by atoms with Crippen LogP contribution in [0.4, 0.5) is 18.9 Å². The summed E-state index contributed by atoms with van der Waals surface area (Å²) < 4.78 is 44.6. The molecule has 8 nitrogen and oxygen atoms in total. The molecule has 0 atom stereocenters. The minimum Gasteiger partial charge on any atom is -0.468 e. The third kappa shape index (κ3) is 4.49. The Balaban J connectivity index is 2.01. The first-order valence-electron chi connectivity index (χ1n) is 9.25. The maximum absolute atomic E-state index is 13.2. The number of aromatic nitrogens is 4. The van der Waals surface area contributed by atoms with Crippen molar-refractivity contribution >= 4 is 23.3 Å². The number of ether oxygens (including phenoxy) is 1. The summed E-state index contributed by atoms with van der Waals surface area (Å²) in [6.07, 6.45) is -4.92. The van der Waals surface area contributed by atoms with Crippen LogP contribution in [0.5, 0.6) is 0 Å². The molecule has 0 spiro atoms. The molecule has 1 amide bonds. The van der Waals surface area contributed by atoms with Gasteiger partial charge in [-0.2, -0.15) is 18.2 Å². The van der Waals surface area contributed by atoms with Gasteiger partial charge in [0, 0.05) is 22.6 Å². The molecule has 0 bridgehead atoms. The SMILES string of the molecule is COC(=O)CN(C(=O)Cc1c(C)nc2nc(C(F)(F)F)nn2c1C)c1ccccc1C. The van der Waals surface area contributed by atoms with Crippen LogP contribution in [-0.4, -0.2) is 45.1 Å². The van der Waals surface area contributed by atoms with E-state index in [0.29, 0.717) is 22.6 Å². The number of benzene rings is 1. The number of carbonyl (C=O) groups excluding carboxylic acids is 2. The number of hydrogen-bond acceptors (Lipinski definition) is 6. The molecular formula is C20H20F3N5O3. The minimum atomic E-state index is -4.72. The number of esters is 1. The molecule has 0 radical (unpaired) electrons.